The Morgan fingerprint density at radius 1 is 1.23 bits per heavy atom. The van der Waals surface area contributed by atoms with E-state index in [1.807, 2.05) is 0 Å². The van der Waals surface area contributed by atoms with E-state index >= 15 is 0 Å². The molecule has 1 aromatic rings. The maximum absolute atomic E-state index is 13.1. The molecule has 26 heavy (non-hydrogen) atoms. The van der Waals surface area contributed by atoms with Gasteiger partial charge in [-0.05, 0) is 12.5 Å². The second-order valence-electron chi connectivity index (χ2n) is 5.65. The number of carboxylic acid groups (broad SMARTS) is 1. The Morgan fingerprint density at radius 3 is 2.31 bits per heavy atom. The summed E-state index contributed by atoms with van der Waals surface area (Å²) in [5.41, 5.74) is -3.25. The largest absolute Gasteiger partial charge is 0.481 e. The number of carbonyl (C=O) groups excluding carboxylic acids is 1. The van der Waals surface area contributed by atoms with E-state index in [1.165, 1.54) is 0 Å². The molecule has 0 bridgehead atoms. The molecule has 2 heterocycles. The van der Waals surface area contributed by atoms with Crippen molar-refractivity contribution < 1.29 is 45.8 Å². The van der Waals surface area contributed by atoms with Crippen molar-refractivity contribution in [2.24, 2.45) is 5.41 Å². The van der Waals surface area contributed by atoms with E-state index in [0.29, 0.717) is 0 Å². The highest BCUT2D eigenvalue weighted by Crippen LogP contribution is 2.46. The smallest absolute Gasteiger partial charge is 0.422 e. The number of rotatable bonds is 4. The lowest BCUT2D eigenvalue weighted by molar-refractivity contribution is -0.227. The van der Waals surface area contributed by atoms with E-state index < -0.39 is 61.6 Å². The standard InChI is InChI=1S/C14H12F6N2O4/c15-13(16,17)7-26-9-2-1-8(5-21-9)10(23)22-4-3-12(6-22,11(24)25)14(18,19)20/h1-2,5H,3-4,6-7H2,(H,24,25). The fourth-order valence-corrected chi connectivity index (χ4v) is 2.44. The topological polar surface area (TPSA) is 79.7 Å². The summed E-state index contributed by atoms with van der Waals surface area (Å²) in [4.78, 5) is 27.5. The van der Waals surface area contributed by atoms with Crippen LogP contribution in [0.5, 0.6) is 5.88 Å². The number of hydrogen-bond acceptors (Lipinski definition) is 4. The summed E-state index contributed by atoms with van der Waals surface area (Å²) in [7, 11) is 0. The highest BCUT2D eigenvalue weighted by molar-refractivity contribution is 5.95. The number of amides is 1. The summed E-state index contributed by atoms with van der Waals surface area (Å²) in [6.07, 6.45) is -9.56. The van der Waals surface area contributed by atoms with Gasteiger partial charge in [0.2, 0.25) is 5.88 Å². The molecule has 0 saturated carbocycles. The second-order valence-corrected chi connectivity index (χ2v) is 5.65. The van der Waals surface area contributed by atoms with Crippen molar-refractivity contribution in [3.63, 3.8) is 0 Å². The highest BCUT2D eigenvalue weighted by atomic mass is 19.4. The van der Waals surface area contributed by atoms with Crippen LogP contribution in [0.25, 0.3) is 0 Å². The molecule has 12 heteroatoms. The van der Waals surface area contributed by atoms with Crippen LogP contribution in [-0.2, 0) is 4.79 Å². The molecule has 6 nitrogen and oxygen atoms in total. The monoisotopic (exact) mass is 386 g/mol. The van der Waals surface area contributed by atoms with E-state index in [4.69, 9.17) is 5.11 Å². The molecule has 1 fully saturated rings. The first-order chi connectivity index (χ1) is 11.9. The fourth-order valence-electron chi connectivity index (χ4n) is 2.44. The minimum absolute atomic E-state index is 0.201. The third-order valence-corrected chi connectivity index (χ3v) is 3.88. The van der Waals surface area contributed by atoms with E-state index in [0.717, 1.165) is 23.2 Å². The summed E-state index contributed by atoms with van der Waals surface area (Å²) >= 11 is 0. The molecule has 1 aliphatic heterocycles. The Balaban J connectivity index is 2.09. The molecule has 0 aromatic carbocycles. The molecule has 1 saturated heterocycles. The van der Waals surface area contributed by atoms with Crippen LogP contribution in [0.3, 0.4) is 0 Å². The van der Waals surface area contributed by atoms with Crippen LogP contribution in [0.1, 0.15) is 16.8 Å². The quantitative estimate of drug-likeness (QED) is 0.805. The molecule has 1 amide bonds. The van der Waals surface area contributed by atoms with Gasteiger partial charge in [0.25, 0.3) is 5.91 Å². The van der Waals surface area contributed by atoms with Crippen LogP contribution in [0.2, 0.25) is 0 Å². The number of carbonyl (C=O) groups is 2. The molecular formula is C14H12F6N2O4. The predicted molar refractivity (Wildman–Crippen MR) is 72.4 cm³/mol. The number of hydrogen-bond donors (Lipinski definition) is 1. The summed E-state index contributed by atoms with van der Waals surface area (Å²) < 4.78 is 79.8. The number of likely N-dealkylation sites (tertiary alicyclic amines) is 1. The molecule has 2 rings (SSSR count). The lowest BCUT2D eigenvalue weighted by Crippen LogP contribution is -2.47. The summed E-state index contributed by atoms with van der Waals surface area (Å²) in [5, 5.41) is 8.95. The van der Waals surface area contributed by atoms with Crippen molar-refractivity contribution in [1.29, 1.82) is 0 Å². The Bertz CT molecular complexity index is 688. The average Bonchev–Trinajstić information content (AvgIpc) is 2.98. The van der Waals surface area contributed by atoms with Gasteiger partial charge in [-0.15, -0.1) is 0 Å². The maximum atomic E-state index is 13.1. The first-order valence-corrected chi connectivity index (χ1v) is 7.11. The zero-order valence-corrected chi connectivity index (χ0v) is 12.9. The Hall–Kier alpha value is -2.53. The van der Waals surface area contributed by atoms with Crippen LogP contribution in [0.15, 0.2) is 18.3 Å². The van der Waals surface area contributed by atoms with Crippen LogP contribution in [0.4, 0.5) is 26.3 Å². The zero-order chi connectivity index (χ0) is 19.8. The number of carboxylic acids is 1. The van der Waals surface area contributed by atoms with Gasteiger partial charge in [0.05, 0.1) is 5.56 Å². The SMILES string of the molecule is O=C(c1ccc(OCC(F)(F)F)nc1)N1CCC(C(=O)O)(C(F)(F)F)C1. The van der Waals surface area contributed by atoms with Gasteiger partial charge in [-0.25, -0.2) is 4.98 Å². The van der Waals surface area contributed by atoms with Gasteiger partial charge >= 0.3 is 18.3 Å². The number of nitrogens with zero attached hydrogens (tertiary/aromatic N) is 2. The first kappa shape index (κ1) is 19.8. The predicted octanol–water partition coefficient (Wildman–Crippen LogP) is 2.50. The second kappa shape index (κ2) is 6.65. The number of ether oxygens (including phenoxy) is 1. The minimum Gasteiger partial charge on any atom is -0.481 e. The third-order valence-electron chi connectivity index (χ3n) is 3.88. The molecule has 0 radical (unpaired) electrons. The zero-order valence-electron chi connectivity index (χ0n) is 12.9. The Morgan fingerprint density at radius 2 is 1.88 bits per heavy atom. The number of halogens is 6. The Labute approximate surface area is 142 Å². The third kappa shape index (κ3) is 3.99. The maximum Gasteiger partial charge on any atom is 0.422 e. The summed E-state index contributed by atoms with van der Waals surface area (Å²) in [6.45, 7) is -3.08. The highest BCUT2D eigenvalue weighted by Gasteiger charge is 2.64. The molecule has 0 spiro atoms. The summed E-state index contributed by atoms with van der Waals surface area (Å²) in [6, 6.07) is 2.00. The minimum atomic E-state index is -5.04. The van der Waals surface area contributed by atoms with Crippen molar-refractivity contribution in [2.75, 3.05) is 19.7 Å². The lowest BCUT2D eigenvalue weighted by Gasteiger charge is -2.27. The van der Waals surface area contributed by atoms with E-state index in [-0.39, 0.29) is 5.56 Å². The molecule has 1 aromatic heterocycles. The van der Waals surface area contributed by atoms with Gasteiger partial charge in [-0.1, -0.05) is 0 Å². The summed E-state index contributed by atoms with van der Waals surface area (Å²) in [5.74, 6) is -3.41. The van der Waals surface area contributed by atoms with E-state index in [2.05, 4.69) is 9.72 Å². The molecule has 0 aliphatic carbocycles. The normalized spacial score (nSPS) is 20.9. The van der Waals surface area contributed by atoms with E-state index in [1.54, 1.807) is 0 Å². The van der Waals surface area contributed by atoms with Gasteiger partial charge in [0.15, 0.2) is 12.0 Å². The van der Waals surface area contributed by atoms with Crippen molar-refractivity contribution in [3.05, 3.63) is 23.9 Å². The van der Waals surface area contributed by atoms with Gasteiger partial charge in [0.1, 0.15) is 0 Å². The number of aliphatic carboxylic acids is 1. The molecule has 1 unspecified atom stereocenters. The van der Waals surface area contributed by atoms with Crippen LogP contribution in [0, 0.1) is 5.41 Å². The van der Waals surface area contributed by atoms with Crippen LogP contribution < -0.4 is 4.74 Å². The fraction of sp³-hybridized carbons (Fsp3) is 0.500. The van der Waals surface area contributed by atoms with Crippen molar-refractivity contribution in [3.8, 4) is 5.88 Å². The van der Waals surface area contributed by atoms with Gasteiger partial charge in [-0.2, -0.15) is 26.3 Å². The van der Waals surface area contributed by atoms with Crippen LogP contribution >= 0.6 is 0 Å². The average molecular weight is 386 g/mol. The van der Waals surface area contributed by atoms with Crippen LogP contribution in [-0.4, -0.2) is 58.9 Å². The number of aromatic nitrogens is 1. The molecule has 1 N–H and O–H groups in total. The number of alkyl halides is 6. The van der Waals surface area contributed by atoms with Crippen molar-refractivity contribution in [2.45, 2.75) is 18.8 Å². The van der Waals surface area contributed by atoms with Gasteiger partial charge in [0, 0.05) is 25.4 Å². The van der Waals surface area contributed by atoms with Gasteiger partial charge in [-0.3, -0.25) is 9.59 Å². The molecular weight excluding hydrogens is 374 g/mol. The lowest BCUT2D eigenvalue weighted by atomic mass is 9.86. The van der Waals surface area contributed by atoms with E-state index in [9.17, 15) is 35.9 Å². The number of pyridine rings is 1. The Kier molecular flexibility index (Phi) is 5.06. The molecule has 1 atom stereocenters. The molecule has 144 valence electrons. The first-order valence-electron chi connectivity index (χ1n) is 7.11. The van der Waals surface area contributed by atoms with Crippen molar-refractivity contribution in [1.82, 2.24) is 9.88 Å². The molecule has 1 aliphatic rings. The van der Waals surface area contributed by atoms with Gasteiger partial charge < -0.3 is 14.7 Å². The van der Waals surface area contributed by atoms with Crippen molar-refractivity contribution >= 4 is 11.9 Å².